The van der Waals surface area contributed by atoms with Crippen molar-refractivity contribution in [3.8, 4) is 0 Å². The van der Waals surface area contributed by atoms with Crippen LogP contribution in [0.15, 0.2) is 29.1 Å². The summed E-state index contributed by atoms with van der Waals surface area (Å²) in [4.78, 5) is 42.6. The van der Waals surface area contributed by atoms with Crippen LogP contribution in [-0.4, -0.2) is 64.4 Å². The third-order valence-corrected chi connectivity index (χ3v) is 7.28. The van der Waals surface area contributed by atoms with Gasteiger partial charge in [0.15, 0.2) is 0 Å². The molecule has 0 N–H and O–H groups in total. The number of aromatic nitrogens is 3. The lowest BCUT2D eigenvalue weighted by Gasteiger charge is -2.34. The smallest absolute Gasteiger partial charge is 0.346 e. The molecule has 0 bridgehead atoms. The van der Waals surface area contributed by atoms with Crippen LogP contribution in [0.1, 0.15) is 49.9 Å². The monoisotopic (exact) mass is 487 g/mol. The second kappa shape index (κ2) is 9.54. The number of methoxy groups -OCH3 is 1. The van der Waals surface area contributed by atoms with Crippen LogP contribution < -0.4 is 10.6 Å². The first-order valence-corrected chi connectivity index (χ1v) is 12.4. The molecule has 2 aromatic rings. The fourth-order valence-electron chi connectivity index (χ4n) is 5.10. The van der Waals surface area contributed by atoms with Crippen molar-refractivity contribution < 1.29 is 14.3 Å². The second-order valence-electron chi connectivity index (χ2n) is 9.46. The summed E-state index contributed by atoms with van der Waals surface area (Å²) < 4.78 is 8.47. The third-order valence-electron chi connectivity index (χ3n) is 7.03. The van der Waals surface area contributed by atoms with Gasteiger partial charge in [0.2, 0.25) is 11.8 Å². The molecule has 2 saturated heterocycles. The van der Waals surface area contributed by atoms with Gasteiger partial charge in [0.05, 0.1) is 19.1 Å². The van der Waals surface area contributed by atoms with Gasteiger partial charge in [-0.15, -0.1) is 0 Å². The number of rotatable bonds is 7. The first kappa shape index (κ1) is 23.1. The van der Waals surface area contributed by atoms with Gasteiger partial charge in [0.1, 0.15) is 5.82 Å². The number of hydrogen-bond donors (Lipinski definition) is 0. The highest BCUT2D eigenvalue weighted by Crippen LogP contribution is 2.37. The second-order valence-corrected chi connectivity index (χ2v) is 9.90. The SMILES string of the molecule is COCCn1nc(C2CCCN(C(=O)C3CC(=O)N(c4ccc(Cl)cc4)C3)C2)n(C2CC2)c1=O. The zero-order valence-electron chi connectivity index (χ0n) is 19.4. The highest BCUT2D eigenvalue weighted by Gasteiger charge is 2.40. The molecule has 9 nitrogen and oxygen atoms in total. The summed E-state index contributed by atoms with van der Waals surface area (Å²) in [5.74, 6) is 0.389. The molecule has 5 rings (SSSR count). The van der Waals surface area contributed by atoms with E-state index in [4.69, 9.17) is 16.3 Å². The maximum Gasteiger partial charge on any atom is 0.346 e. The first-order chi connectivity index (χ1) is 16.5. The zero-order valence-corrected chi connectivity index (χ0v) is 20.1. The molecule has 2 unspecified atom stereocenters. The minimum atomic E-state index is -0.369. The molecule has 0 spiro atoms. The quantitative estimate of drug-likeness (QED) is 0.598. The molecular weight excluding hydrogens is 458 g/mol. The van der Waals surface area contributed by atoms with Crippen LogP contribution in [0, 0.1) is 5.92 Å². The Morgan fingerprint density at radius 2 is 1.91 bits per heavy atom. The van der Waals surface area contributed by atoms with Crippen molar-refractivity contribution in [2.75, 3.05) is 38.3 Å². The van der Waals surface area contributed by atoms with Crippen molar-refractivity contribution in [3.05, 3.63) is 45.6 Å². The van der Waals surface area contributed by atoms with Crippen molar-refractivity contribution >= 4 is 29.1 Å². The predicted octanol–water partition coefficient (Wildman–Crippen LogP) is 2.44. The number of nitrogens with zero attached hydrogens (tertiary/aromatic N) is 5. The summed E-state index contributed by atoms with van der Waals surface area (Å²) in [6.07, 6.45) is 3.92. The van der Waals surface area contributed by atoms with E-state index in [1.54, 1.807) is 36.3 Å². The van der Waals surface area contributed by atoms with Gasteiger partial charge >= 0.3 is 5.69 Å². The van der Waals surface area contributed by atoms with E-state index in [-0.39, 0.29) is 41.8 Å². The molecule has 3 aliphatic rings. The number of benzene rings is 1. The largest absolute Gasteiger partial charge is 0.383 e. The van der Waals surface area contributed by atoms with Crippen LogP contribution >= 0.6 is 11.6 Å². The fourth-order valence-corrected chi connectivity index (χ4v) is 5.23. The molecule has 1 aromatic carbocycles. The molecule has 1 aromatic heterocycles. The Hall–Kier alpha value is -2.65. The Morgan fingerprint density at radius 3 is 2.62 bits per heavy atom. The van der Waals surface area contributed by atoms with Crippen LogP contribution in [0.2, 0.25) is 5.02 Å². The summed E-state index contributed by atoms with van der Waals surface area (Å²) in [7, 11) is 1.61. The topological polar surface area (TPSA) is 89.7 Å². The minimum absolute atomic E-state index is 0.00801. The van der Waals surface area contributed by atoms with E-state index in [1.165, 1.54) is 4.68 Å². The van der Waals surface area contributed by atoms with Crippen molar-refractivity contribution in [3.63, 3.8) is 0 Å². The summed E-state index contributed by atoms with van der Waals surface area (Å²) in [6.45, 7) is 2.41. The zero-order chi connectivity index (χ0) is 23.8. The predicted molar refractivity (Wildman–Crippen MR) is 127 cm³/mol. The Bertz CT molecular complexity index is 1120. The Labute approximate surface area is 203 Å². The Morgan fingerprint density at radius 1 is 1.15 bits per heavy atom. The molecule has 2 atom stereocenters. The number of ether oxygens (including phenoxy) is 1. The van der Waals surface area contributed by atoms with Gasteiger partial charge in [0, 0.05) is 55.8 Å². The van der Waals surface area contributed by atoms with E-state index in [9.17, 15) is 14.4 Å². The van der Waals surface area contributed by atoms with E-state index >= 15 is 0 Å². The van der Waals surface area contributed by atoms with Crippen LogP contribution in [0.5, 0.6) is 0 Å². The van der Waals surface area contributed by atoms with Crippen LogP contribution in [0.25, 0.3) is 0 Å². The van der Waals surface area contributed by atoms with Gasteiger partial charge in [-0.2, -0.15) is 5.10 Å². The van der Waals surface area contributed by atoms with Crippen molar-refractivity contribution in [1.82, 2.24) is 19.2 Å². The minimum Gasteiger partial charge on any atom is -0.383 e. The van der Waals surface area contributed by atoms with Crippen molar-refractivity contribution in [2.24, 2.45) is 5.92 Å². The van der Waals surface area contributed by atoms with E-state index in [2.05, 4.69) is 5.10 Å². The first-order valence-electron chi connectivity index (χ1n) is 12.0. The van der Waals surface area contributed by atoms with Crippen LogP contribution in [0.4, 0.5) is 5.69 Å². The molecule has 3 fully saturated rings. The maximum absolute atomic E-state index is 13.4. The molecule has 34 heavy (non-hydrogen) atoms. The highest BCUT2D eigenvalue weighted by atomic mass is 35.5. The number of carbonyl (C=O) groups is 2. The van der Waals surface area contributed by atoms with Gasteiger partial charge in [-0.05, 0) is 49.9 Å². The van der Waals surface area contributed by atoms with Gasteiger partial charge in [0.25, 0.3) is 0 Å². The molecule has 2 aliphatic heterocycles. The lowest BCUT2D eigenvalue weighted by Crippen LogP contribution is -2.43. The number of anilines is 1. The number of piperidine rings is 1. The van der Waals surface area contributed by atoms with E-state index < -0.39 is 0 Å². The van der Waals surface area contributed by atoms with Gasteiger partial charge < -0.3 is 14.5 Å². The van der Waals surface area contributed by atoms with Crippen molar-refractivity contribution in [1.29, 1.82) is 0 Å². The molecule has 182 valence electrons. The molecule has 3 heterocycles. The van der Waals surface area contributed by atoms with Gasteiger partial charge in [-0.3, -0.25) is 14.2 Å². The average Bonchev–Trinajstić information content (AvgIpc) is 3.53. The molecule has 0 radical (unpaired) electrons. The standard InChI is InChI=1S/C24H30ClN5O4/c1-34-12-11-29-24(33)30(20-8-9-20)22(26-29)16-3-2-10-27(14-16)23(32)17-13-21(31)28(15-17)19-6-4-18(25)5-7-19/h4-7,16-17,20H,2-3,8-15H2,1H3. The summed E-state index contributed by atoms with van der Waals surface area (Å²) in [5, 5.41) is 5.28. The Kier molecular flexibility index (Phi) is 6.48. The summed E-state index contributed by atoms with van der Waals surface area (Å²) >= 11 is 5.97. The lowest BCUT2D eigenvalue weighted by atomic mass is 9.95. The van der Waals surface area contributed by atoms with Crippen LogP contribution in [-0.2, 0) is 20.9 Å². The fraction of sp³-hybridized carbons (Fsp3) is 0.583. The normalized spacial score (nSPS) is 23.1. The summed E-state index contributed by atoms with van der Waals surface area (Å²) in [6, 6.07) is 7.33. The van der Waals surface area contributed by atoms with Crippen LogP contribution in [0.3, 0.4) is 0 Å². The molecule has 1 aliphatic carbocycles. The number of amides is 2. The highest BCUT2D eigenvalue weighted by molar-refractivity contribution is 6.30. The third kappa shape index (κ3) is 4.51. The molecule has 10 heteroatoms. The van der Waals surface area contributed by atoms with E-state index in [0.29, 0.717) is 37.8 Å². The number of halogens is 1. The number of carbonyl (C=O) groups excluding carboxylic acids is 2. The average molecular weight is 488 g/mol. The number of hydrogen-bond acceptors (Lipinski definition) is 5. The number of likely N-dealkylation sites (tertiary alicyclic amines) is 1. The molecule has 2 amide bonds. The van der Waals surface area contributed by atoms with Crippen molar-refractivity contribution in [2.45, 2.75) is 50.6 Å². The molecule has 1 saturated carbocycles. The molecular formula is C24H30ClN5O4. The summed E-state index contributed by atoms with van der Waals surface area (Å²) in [5.41, 5.74) is 0.675. The lowest BCUT2D eigenvalue weighted by molar-refractivity contribution is -0.137. The Balaban J connectivity index is 1.30. The van der Waals surface area contributed by atoms with E-state index in [0.717, 1.165) is 37.2 Å². The van der Waals surface area contributed by atoms with Gasteiger partial charge in [-0.1, -0.05) is 11.6 Å². The van der Waals surface area contributed by atoms with E-state index in [1.807, 2.05) is 9.47 Å². The maximum atomic E-state index is 13.4. The van der Waals surface area contributed by atoms with Gasteiger partial charge in [-0.25, -0.2) is 9.48 Å².